The molecule has 0 unspecified atom stereocenters. The van der Waals surface area contributed by atoms with Crippen molar-refractivity contribution in [2.45, 2.75) is 6.92 Å². The normalized spacial score (nSPS) is 10.6. The van der Waals surface area contributed by atoms with Gasteiger partial charge in [-0.25, -0.2) is 19.3 Å². The number of carbonyl (C=O) groups is 2. The molecule has 0 fully saturated rings. The molecule has 0 bridgehead atoms. The lowest BCUT2D eigenvalue weighted by atomic mass is 10.2. The molecule has 8 nitrogen and oxygen atoms in total. The monoisotopic (exact) mass is 345 g/mol. The number of amides is 1. The molecule has 0 aliphatic heterocycles. The number of aryl methyl sites for hydroxylation is 1. The summed E-state index contributed by atoms with van der Waals surface area (Å²) in [5.41, 5.74) is 1.40. The van der Waals surface area contributed by atoms with Crippen molar-refractivity contribution in [3.63, 3.8) is 0 Å². The van der Waals surface area contributed by atoms with Gasteiger partial charge in [-0.05, 0) is 25.1 Å². The van der Waals surface area contributed by atoms with E-state index in [4.69, 9.17) is 16.3 Å². The van der Waals surface area contributed by atoms with Crippen molar-refractivity contribution in [1.82, 2.24) is 19.6 Å². The van der Waals surface area contributed by atoms with E-state index < -0.39 is 18.5 Å². The van der Waals surface area contributed by atoms with E-state index in [0.29, 0.717) is 17.0 Å². The topological polar surface area (TPSA) is 98.5 Å². The van der Waals surface area contributed by atoms with Crippen LogP contribution in [0.1, 0.15) is 16.1 Å². The van der Waals surface area contributed by atoms with Gasteiger partial charge in [0.15, 0.2) is 17.4 Å². The fourth-order valence-corrected chi connectivity index (χ4v) is 2.27. The fraction of sp³-hybridized carbons (Fsp3) is 0.133. The van der Waals surface area contributed by atoms with Crippen LogP contribution >= 0.6 is 11.6 Å². The average molecular weight is 346 g/mol. The Morgan fingerprint density at radius 1 is 1.29 bits per heavy atom. The zero-order valence-corrected chi connectivity index (χ0v) is 13.3. The Kier molecular flexibility index (Phi) is 4.39. The minimum absolute atomic E-state index is 0.153. The van der Waals surface area contributed by atoms with Crippen molar-refractivity contribution in [2.24, 2.45) is 0 Å². The van der Waals surface area contributed by atoms with Gasteiger partial charge in [0.2, 0.25) is 0 Å². The lowest BCUT2D eigenvalue weighted by Gasteiger charge is -2.07. The quantitative estimate of drug-likeness (QED) is 0.572. The van der Waals surface area contributed by atoms with Gasteiger partial charge in [0, 0.05) is 18.6 Å². The number of hydrogen-bond acceptors (Lipinski definition) is 6. The second-order valence-corrected chi connectivity index (χ2v) is 5.17. The molecule has 3 heterocycles. The van der Waals surface area contributed by atoms with Crippen molar-refractivity contribution in [2.75, 3.05) is 11.9 Å². The summed E-state index contributed by atoms with van der Waals surface area (Å²) in [6.45, 7) is 1.20. The van der Waals surface area contributed by atoms with E-state index in [1.807, 2.05) is 0 Å². The van der Waals surface area contributed by atoms with Gasteiger partial charge < -0.3 is 10.1 Å². The molecule has 0 spiro atoms. The number of ether oxygens (including phenoxy) is 1. The molecule has 3 aromatic rings. The van der Waals surface area contributed by atoms with Crippen LogP contribution in [0, 0.1) is 6.92 Å². The molecule has 24 heavy (non-hydrogen) atoms. The summed E-state index contributed by atoms with van der Waals surface area (Å²) in [6.07, 6.45) is 4.71. The van der Waals surface area contributed by atoms with Crippen molar-refractivity contribution in [1.29, 1.82) is 0 Å². The summed E-state index contributed by atoms with van der Waals surface area (Å²) in [5.74, 6) is -1.20. The molecule has 0 aromatic carbocycles. The number of pyridine rings is 1. The molecule has 0 atom stereocenters. The third-order valence-electron chi connectivity index (χ3n) is 3.14. The molecule has 3 rings (SSSR count). The number of rotatable bonds is 4. The summed E-state index contributed by atoms with van der Waals surface area (Å²) in [6, 6.07) is 4.91. The maximum atomic E-state index is 12.2. The predicted octanol–water partition coefficient (Wildman–Crippen LogP) is 1.88. The van der Waals surface area contributed by atoms with Crippen molar-refractivity contribution in [3.8, 4) is 0 Å². The van der Waals surface area contributed by atoms with Crippen LogP contribution in [0.3, 0.4) is 0 Å². The zero-order valence-electron chi connectivity index (χ0n) is 12.6. The Morgan fingerprint density at radius 2 is 2.08 bits per heavy atom. The number of carbonyl (C=O) groups excluding carboxylic acids is 2. The van der Waals surface area contributed by atoms with Gasteiger partial charge in [-0.3, -0.25) is 4.79 Å². The lowest BCUT2D eigenvalue weighted by Crippen LogP contribution is -2.21. The van der Waals surface area contributed by atoms with Gasteiger partial charge in [0.05, 0.1) is 11.4 Å². The maximum Gasteiger partial charge on any atom is 0.344 e. The number of nitrogens with zero attached hydrogens (tertiary/aromatic N) is 4. The highest BCUT2D eigenvalue weighted by molar-refractivity contribution is 6.32. The highest BCUT2D eigenvalue weighted by atomic mass is 35.5. The minimum Gasteiger partial charge on any atom is -0.452 e. The number of hydrogen-bond donors (Lipinski definition) is 1. The van der Waals surface area contributed by atoms with Gasteiger partial charge in [-0.15, -0.1) is 0 Å². The number of nitrogens with one attached hydrogen (secondary N) is 1. The zero-order chi connectivity index (χ0) is 17.1. The first kappa shape index (κ1) is 15.9. The average Bonchev–Trinajstić information content (AvgIpc) is 2.90. The van der Waals surface area contributed by atoms with E-state index in [-0.39, 0.29) is 10.7 Å². The van der Waals surface area contributed by atoms with E-state index >= 15 is 0 Å². The Balaban J connectivity index is 1.68. The predicted molar refractivity (Wildman–Crippen MR) is 85.9 cm³/mol. The van der Waals surface area contributed by atoms with Crippen LogP contribution in [0.5, 0.6) is 0 Å². The second-order valence-electron chi connectivity index (χ2n) is 4.81. The summed E-state index contributed by atoms with van der Waals surface area (Å²) in [4.78, 5) is 32.0. The molecule has 0 aliphatic rings. The lowest BCUT2D eigenvalue weighted by molar-refractivity contribution is -0.119. The van der Waals surface area contributed by atoms with Crippen molar-refractivity contribution < 1.29 is 14.3 Å². The smallest absolute Gasteiger partial charge is 0.344 e. The standard InChI is InChI=1S/C15H12ClN5O3/c1-9-12(14-18-6-3-7-21(14)20-9)15(23)24-8-11(22)19-10-4-2-5-17-13(10)16/h2-7H,8H2,1H3,(H,19,22). The summed E-state index contributed by atoms with van der Waals surface area (Å²) < 4.78 is 6.52. The first-order valence-electron chi connectivity index (χ1n) is 6.93. The van der Waals surface area contributed by atoms with Gasteiger partial charge in [0.1, 0.15) is 5.56 Å². The minimum atomic E-state index is -0.673. The van der Waals surface area contributed by atoms with Crippen LogP contribution in [0.4, 0.5) is 5.69 Å². The van der Waals surface area contributed by atoms with Gasteiger partial charge in [0.25, 0.3) is 5.91 Å². The largest absolute Gasteiger partial charge is 0.452 e. The molecule has 1 amide bonds. The van der Waals surface area contributed by atoms with Crippen LogP contribution in [-0.4, -0.2) is 38.1 Å². The molecule has 3 aromatic heterocycles. The van der Waals surface area contributed by atoms with Crippen LogP contribution in [0.15, 0.2) is 36.8 Å². The van der Waals surface area contributed by atoms with Crippen LogP contribution in [0.2, 0.25) is 5.15 Å². The number of esters is 1. The van der Waals surface area contributed by atoms with Gasteiger partial charge >= 0.3 is 5.97 Å². The molecule has 9 heteroatoms. The number of aromatic nitrogens is 4. The van der Waals surface area contributed by atoms with E-state index in [0.717, 1.165) is 0 Å². The highest BCUT2D eigenvalue weighted by Crippen LogP contribution is 2.17. The molecule has 1 N–H and O–H groups in total. The number of halogens is 1. The molecule has 122 valence electrons. The van der Waals surface area contributed by atoms with Crippen LogP contribution in [-0.2, 0) is 9.53 Å². The summed E-state index contributed by atoms with van der Waals surface area (Å²) in [5, 5.41) is 6.84. The SMILES string of the molecule is Cc1nn2cccnc2c1C(=O)OCC(=O)Nc1cccnc1Cl. The first-order valence-corrected chi connectivity index (χ1v) is 7.31. The molecular weight excluding hydrogens is 334 g/mol. The molecule has 0 saturated heterocycles. The highest BCUT2D eigenvalue weighted by Gasteiger charge is 2.20. The van der Waals surface area contributed by atoms with Crippen LogP contribution < -0.4 is 5.32 Å². The summed E-state index contributed by atoms with van der Waals surface area (Å²) >= 11 is 5.85. The van der Waals surface area contributed by atoms with Gasteiger partial charge in [-0.1, -0.05) is 11.6 Å². The third kappa shape index (κ3) is 3.18. The fourth-order valence-electron chi connectivity index (χ4n) is 2.10. The Morgan fingerprint density at radius 3 is 2.88 bits per heavy atom. The third-order valence-corrected chi connectivity index (χ3v) is 3.44. The molecular formula is C15H12ClN5O3. The Labute approximate surface area is 141 Å². The van der Waals surface area contributed by atoms with E-state index in [1.165, 1.54) is 10.7 Å². The number of anilines is 1. The molecule has 0 aliphatic carbocycles. The first-order chi connectivity index (χ1) is 11.6. The Bertz CT molecular complexity index is 924. The van der Waals surface area contributed by atoms with Crippen LogP contribution in [0.25, 0.3) is 5.65 Å². The Hall–Kier alpha value is -3.00. The van der Waals surface area contributed by atoms with E-state index in [1.54, 1.807) is 37.5 Å². The molecule has 0 radical (unpaired) electrons. The van der Waals surface area contributed by atoms with Crippen molar-refractivity contribution in [3.05, 3.63) is 53.2 Å². The van der Waals surface area contributed by atoms with Crippen molar-refractivity contribution >= 4 is 34.8 Å². The maximum absolute atomic E-state index is 12.2. The number of fused-ring (bicyclic) bond motifs is 1. The molecule has 0 saturated carbocycles. The van der Waals surface area contributed by atoms with Gasteiger partial charge in [-0.2, -0.15) is 5.10 Å². The van der Waals surface area contributed by atoms with E-state index in [9.17, 15) is 9.59 Å². The van der Waals surface area contributed by atoms with E-state index in [2.05, 4.69) is 20.4 Å². The second kappa shape index (κ2) is 6.63. The summed E-state index contributed by atoms with van der Waals surface area (Å²) in [7, 11) is 0.